The molecule has 0 saturated carbocycles. The van der Waals surface area contributed by atoms with Crippen LogP contribution in [0.2, 0.25) is 0 Å². The fourth-order valence-electron chi connectivity index (χ4n) is 7.56. The Bertz CT molecular complexity index is 1600. The Morgan fingerprint density at radius 1 is 1.13 bits per heavy atom. The molecule has 2 amide bonds. The molecule has 2 aromatic carbocycles. The van der Waals surface area contributed by atoms with Gasteiger partial charge in [0.25, 0.3) is 0 Å². The number of allylic oxidation sites excluding steroid dienone is 1. The van der Waals surface area contributed by atoms with Gasteiger partial charge in [0.2, 0.25) is 11.8 Å². The van der Waals surface area contributed by atoms with Gasteiger partial charge in [-0.2, -0.15) is 0 Å². The molecular formula is C35H41N5O5S. The van der Waals surface area contributed by atoms with Crippen LogP contribution in [0.15, 0.2) is 79.9 Å². The third-order valence-corrected chi connectivity index (χ3v) is 11.5. The first-order chi connectivity index (χ1) is 22.4. The zero-order valence-corrected chi connectivity index (χ0v) is 26.8. The summed E-state index contributed by atoms with van der Waals surface area (Å²) in [5.41, 5.74) is 2.44. The number of hydrogen-bond acceptors (Lipinski definition) is 8. The average molecular weight is 644 g/mol. The molecule has 3 aliphatic rings. The standard InChI is InChI=1S/C35H41N5O5S/c1-3-5-6-12-20-45-34(44)29-28-17-18-35(46-28)30(29)32(42)40(25(22-41)21-24-13-8-7-9-14-24)31(35)33(43)38(19-4-2)23-39-27-16-11-10-15-26(27)36-37-39/h3-4,7-11,13-16,25,28-31,41H,1-2,5-6,12,17-23H2/t25-,28-,29+,30+,31?,35?/m1/s1. The van der Waals surface area contributed by atoms with Crippen LogP contribution in [0.25, 0.3) is 11.0 Å². The first kappa shape index (κ1) is 32.0. The Hall–Kier alpha value is -3.96. The summed E-state index contributed by atoms with van der Waals surface area (Å²) in [6.07, 6.45) is 7.63. The quantitative estimate of drug-likeness (QED) is 0.150. The molecule has 3 aliphatic heterocycles. The number of esters is 1. The Morgan fingerprint density at radius 3 is 2.67 bits per heavy atom. The largest absolute Gasteiger partial charge is 0.465 e. The number of fused-ring (bicyclic) bond motifs is 2. The molecule has 3 saturated heterocycles. The molecule has 0 radical (unpaired) electrons. The monoisotopic (exact) mass is 643 g/mol. The number of benzene rings is 2. The maximum absolute atomic E-state index is 14.9. The van der Waals surface area contributed by atoms with E-state index in [4.69, 9.17) is 4.74 Å². The van der Waals surface area contributed by atoms with Crippen LogP contribution < -0.4 is 0 Å². The predicted octanol–water partition coefficient (Wildman–Crippen LogP) is 4.00. The second-order valence-corrected chi connectivity index (χ2v) is 13.9. The molecular weight excluding hydrogens is 602 g/mol. The molecule has 0 aliphatic carbocycles. The molecule has 6 rings (SSSR count). The van der Waals surface area contributed by atoms with Crippen LogP contribution in [0.5, 0.6) is 0 Å². The van der Waals surface area contributed by atoms with Crippen molar-refractivity contribution >= 4 is 40.6 Å². The molecule has 1 aromatic heterocycles. The van der Waals surface area contributed by atoms with Gasteiger partial charge in [-0.05, 0) is 56.2 Å². The van der Waals surface area contributed by atoms with E-state index in [1.165, 1.54) is 0 Å². The molecule has 3 aromatic rings. The van der Waals surface area contributed by atoms with Crippen LogP contribution in [-0.2, 0) is 32.2 Å². The van der Waals surface area contributed by atoms with E-state index in [0.29, 0.717) is 24.8 Å². The Balaban J connectivity index is 1.35. The van der Waals surface area contributed by atoms with Gasteiger partial charge >= 0.3 is 5.97 Å². The highest BCUT2D eigenvalue weighted by atomic mass is 32.2. The number of rotatable bonds is 15. The molecule has 3 fully saturated rings. The number of unbranched alkanes of at least 4 members (excludes halogenated alkanes) is 2. The van der Waals surface area contributed by atoms with Gasteiger partial charge in [0.05, 0.1) is 41.4 Å². The third-order valence-electron chi connectivity index (χ3n) is 9.60. The van der Waals surface area contributed by atoms with E-state index in [0.717, 1.165) is 30.3 Å². The van der Waals surface area contributed by atoms with Crippen molar-refractivity contribution in [1.82, 2.24) is 24.8 Å². The van der Waals surface area contributed by atoms with Crippen molar-refractivity contribution < 1.29 is 24.2 Å². The lowest BCUT2D eigenvalue weighted by Gasteiger charge is -2.39. The second-order valence-electron chi connectivity index (χ2n) is 12.3. The number of nitrogens with zero attached hydrogens (tertiary/aromatic N) is 5. The number of carbonyl (C=O) groups excluding carboxylic acids is 3. The molecule has 6 atom stereocenters. The van der Waals surface area contributed by atoms with Gasteiger partial charge < -0.3 is 19.6 Å². The Labute approximate surface area is 273 Å². The van der Waals surface area contributed by atoms with Gasteiger partial charge in [-0.3, -0.25) is 14.4 Å². The van der Waals surface area contributed by atoms with Crippen LogP contribution >= 0.6 is 11.8 Å². The normalized spacial score (nSPS) is 25.4. The highest BCUT2D eigenvalue weighted by Crippen LogP contribution is 2.67. The molecule has 11 heteroatoms. The summed E-state index contributed by atoms with van der Waals surface area (Å²) in [4.78, 5) is 46.4. The number of ether oxygens (including phenoxy) is 1. The average Bonchev–Trinajstić information content (AvgIpc) is 3.83. The van der Waals surface area contributed by atoms with Gasteiger partial charge in [0.15, 0.2) is 0 Å². The minimum atomic E-state index is -0.888. The number of para-hydroxylation sites is 1. The molecule has 4 heterocycles. The number of aliphatic hydroxyl groups is 1. The number of aliphatic hydroxyl groups excluding tert-OH is 1. The summed E-state index contributed by atoms with van der Waals surface area (Å²) in [5, 5.41) is 19.2. The third kappa shape index (κ3) is 5.75. The summed E-state index contributed by atoms with van der Waals surface area (Å²) in [6, 6.07) is 15.6. The number of carbonyl (C=O) groups is 3. The van der Waals surface area contributed by atoms with Gasteiger partial charge in [0.1, 0.15) is 18.2 Å². The fraction of sp³-hybridized carbons (Fsp3) is 0.457. The fourth-order valence-corrected chi connectivity index (χ4v) is 9.75. The van der Waals surface area contributed by atoms with Crippen LogP contribution in [0, 0.1) is 11.8 Å². The first-order valence-electron chi connectivity index (χ1n) is 16.0. The van der Waals surface area contributed by atoms with Crippen molar-refractivity contribution in [3.63, 3.8) is 0 Å². The van der Waals surface area contributed by atoms with Crippen molar-refractivity contribution in [3.8, 4) is 0 Å². The van der Waals surface area contributed by atoms with Crippen molar-refractivity contribution in [2.45, 2.75) is 67.3 Å². The lowest BCUT2D eigenvalue weighted by Crippen LogP contribution is -2.58. The Kier molecular flexibility index (Phi) is 9.60. The van der Waals surface area contributed by atoms with Crippen LogP contribution in [-0.4, -0.2) is 89.5 Å². The molecule has 1 N–H and O–H groups in total. The van der Waals surface area contributed by atoms with Crippen LogP contribution in [0.3, 0.4) is 0 Å². The summed E-state index contributed by atoms with van der Waals surface area (Å²) in [7, 11) is 0. The van der Waals surface area contributed by atoms with E-state index >= 15 is 0 Å². The van der Waals surface area contributed by atoms with Crippen LogP contribution in [0.4, 0.5) is 0 Å². The topological polar surface area (TPSA) is 118 Å². The van der Waals surface area contributed by atoms with Crippen LogP contribution in [0.1, 0.15) is 37.7 Å². The molecule has 46 heavy (non-hydrogen) atoms. The lowest BCUT2D eigenvalue weighted by atomic mass is 9.71. The number of hydrogen-bond donors (Lipinski definition) is 1. The minimum Gasteiger partial charge on any atom is -0.465 e. The Morgan fingerprint density at radius 2 is 1.91 bits per heavy atom. The summed E-state index contributed by atoms with van der Waals surface area (Å²) >= 11 is 1.59. The van der Waals surface area contributed by atoms with Crippen molar-refractivity contribution in [2.75, 3.05) is 19.8 Å². The van der Waals surface area contributed by atoms with E-state index in [1.54, 1.807) is 32.3 Å². The molecule has 2 unspecified atom stereocenters. The summed E-state index contributed by atoms with van der Waals surface area (Å²) < 4.78 is 6.61. The molecule has 242 valence electrons. The molecule has 2 bridgehead atoms. The van der Waals surface area contributed by atoms with Gasteiger partial charge in [0, 0.05) is 11.8 Å². The van der Waals surface area contributed by atoms with Gasteiger partial charge in [-0.15, -0.1) is 30.0 Å². The number of amides is 2. The van der Waals surface area contributed by atoms with E-state index in [2.05, 4.69) is 23.5 Å². The summed E-state index contributed by atoms with van der Waals surface area (Å²) in [5.74, 6) is -2.25. The highest BCUT2D eigenvalue weighted by Gasteiger charge is 2.74. The predicted molar refractivity (Wildman–Crippen MR) is 176 cm³/mol. The van der Waals surface area contributed by atoms with E-state index in [-0.39, 0.29) is 49.5 Å². The second kappa shape index (κ2) is 13.8. The maximum Gasteiger partial charge on any atom is 0.310 e. The van der Waals surface area contributed by atoms with E-state index in [1.807, 2.05) is 60.7 Å². The number of aromatic nitrogens is 3. The maximum atomic E-state index is 14.9. The molecule has 10 nitrogen and oxygen atoms in total. The lowest BCUT2D eigenvalue weighted by molar-refractivity contribution is -0.154. The SMILES string of the molecule is C=CCCCCOC(=O)[C@@H]1[C@H]2C(=O)N([C@@H](CO)Cc3ccccc3)C(C(=O)N(CC=C)Cn3nnc4ccccc43)C23CC[C@H]1S3. The molecule has 1 spiro atoms. The van der Waals surface area contributed by atoms with E-state index in [9.17, 15) is 19.5 Å². The smallest absolute Gasteiger partial charge is 0.310 e. The van der Waals surface area contributed by atoms with Crippen molar-refractivity contribution in [1.29, 1.82) is 0 Å². The number of likely N-dealkylation sites (tertiary alicyclic amines) is 1. The zero-order valence-electron chi connectivity index (χ0n) is 25.9. The van der Waals surface area contributed by atoms with E-state index < -0.39 is 28.7 Å². The first-order valence-corrected chi connectivity index (χ1v) is 16.9. The minimum absolute atomic E-state index is 0.109. The van der Waals surface area contributed by atoms with Crippen molar-refractivity contribution in [3.05, 3.63) is 85.5 Å². The van der Waals surface area contributed by atoms with Crippen molar-refractivity contribution in [2.24, 2.45) is 11.8 Å². The van der Waals surface area contributed by atoms with Gasteiger partial charge in [-0.1, -0.05) is 59.8 Å². The van der Waals surface area contributed by atoms with Gasteiger partial charge in [-0.25, -0.2) is 4.68 Å². The number of thioether (sulfide) groups is 1. The summed E-state index contributed by atoms with van der Waals surface area (Å²) in [6.45, 7) is 7.94. The highest BCUT2D eigenvalue weighted by molar-refractivity contribution is 8.02. The zero-order chi connectivity index (χ0) is 32.3.